The van der Waals surface area contributed by atoms with E-state index in [4.69, 9.17) is 5.14 Å². The Hall–Kier alpha value is -2.01. The Labute approximate surface area is 146 Å². The highest BCUT2D eigenvalue weighted by molar-refractivity contribution is 7.91. The second-order valence-electron chi connectivity index (χ2n) is 4.88. The van der Waals surface area contributed by atoms with Crippen molar-refractivity contribution in [2.75, 3.05) is 0 Å². The van der Waals surface area contributed by atoms with Gasteiger partial charge in [0, 0.05) is 4.88 Å². The molecule has 2 aromatic heterocycles. The van der Waals surface area contributed by atoms with Crippen LogP contribution in [0.3, 0.4) is 0 Å². The zero-order chi connectivity index (χ0) is 17.2. The number of fused-ring (bicyclic) bond motifs is 1. The number of nitrogens with two attached hydrogens (primary N) is 1. The summed E-state index contributed by atoms with van der Waals surface area (Å²) in [6.45, 7) is 0.559. The highest BCUT2D eigenvalue weighted by Gasteiger charge is 2.12. The fraction of sp³-hybridized carbons (Fsp3) is 0.143. The lowest BCUT2D eigenvalue weighted by Crippen LogP contribution is -2.34. The predicted octanol–water partition coefficient (Wildman–Crippen LogP) is 2.00. The van der Waals surface area contributed by atoms with Gasteiger partial charge in [0.05, 0.1) is 23.3 Å². The second-order valence-corrected chi connectivity index (χ2v) is 8.95. The largest absolute Gasteiger partial charge is 0.333 e. The maximum atomic E-state index is 11.8. The number of sulfonamides is 1. The predicted molar refractivity (Wildman–Crippen MR) is 94.4 cm³/mol. The van der Waals surface area contributed by atoms with Gasteiger partial charge in [0.1, 0.15) is 9.22 Å². The molecule has 0 spiro atoms. The number of para-hydroxylation sites is 1. The summed E-state index contributed by atoms with van der Waals surface area (Å²) in [5.41, 5.74) is 0.911. The molecule has 24 heavy (non-hydrogen) atoms. The Morgan fingerprint density at radius 1 is 1.08 bits per heavy atom. The number of nitrogens with zero attached hydrogens (tertiary/aromatic N) is 1. The summed E-state index contributed by atoms with van der Waals surface area (Å²) in [5, 5.41) is 11.3. The number of thiophene rings is 1. The van der Waals surface area contributed by atoms with Gasteiger partial charge in [-0.1, -0.05) is 12.1 Å². The monoisotopic (exact) mass is 382 g/mol. The number of urea groups is 1. The van der Waals surface area contributed by atoms with Crippen molar-refractivity contribution < 1.29 is 13.2 Å². The van der Waals surface area contributed by atoms with Gasteiger partial charge in [-0.25, -0.2) is 23.3 Å². The quantitative estimate of drug-likeness (QED) is 0.626. The van der Waals surface area contributed by atoms with Crippen molar-refractivity contribution in [1.29, 1.82) is 0 Å². The Balaban J connectivity index is 1.51. The van der Waals surface area contributed by atoms with E-state index >= 15 is 0 Å². The lowest BCUT2D eigenvalue weighted by molar-refractivity contribution is 0.240. The average Bonchev–Trinajstić information content (AvgIpc) is 3.16. The van der Waals surface area contributed by atoms with Crippen molar-refractivity contribution in [3.63, 3.8) is 0 Å². The molecule has 0 aliphatic rings. The number of nitrogens with one attached hydrogen (secondary N) is 2. The van der Waals surface area contributed by atoms with E-state index in [1.807, 2.05) is 24.3 Å². The third-order valence-electron chi connectivity index (χ3n) is 3.08. The van der Waals surface area contributed by atoms with Crippen LogP contribution < -0.4 is 15.8 Å². The first-order valence-electron chi connectivity index (χ1n) is 6.89. The van der Waals surface area contributed by atoms with Crippen molar-refractivity contribution >= 4 is 48.9 Å². The standard InChI is InChI=1S/C14H14N4O3S3/c15-24(20,21)13-6-5-9(22-13)7-16-14(19)17-8-12-18-10-3-1-2-4-11(10)23-12/h1-6H,7-8H2,(H2,15,20,21)(H2,16,17,19). The number of amides is 2. The summed E-state index contributed by atoms with van der Waals surface area (Å²) in [6.07, 6.45) is 0. The summed E-state index contributed by atoms with van der Waals surface area (Å²) in [7, 11) is -3.70. The van der Waals surface area contributed by atoms with Gasteiger partial charge in [0.15, 0.2) is 0 Å². The number of benzene rings is 1. The van der Waals surface area contributed by atoms with Gasteiger partial charge in [0.2, 0.25) is 10.0 Å². The molecule has 10 heteroatoms. The van der Waals surface area contributed by atoms with Gasteiger partial charge in [-0.05, 0) is 24.3 Å². The maximum Gasteiger partial charge on any atom is 0.315 e. The minimum atomic E-state index is -3.70. The van der Waals surface area contributed by atoms with Crippen LogP contribution in [-0.4, -0.2) is 19.4 Å². The average molecular weight is 382 g/mol. The fourth-order valence-corrected chi connectivity index (χ4v) is 4.61. The first kappa shape index (κ1) is 16.8. The van der Waals surface area contributed by atoms with Gasteiger partial charge in [0.25, 0.3) is 0 Å². The number of carbonyl (C=O) groups excluding carboxylic acids is 1. The van der Waals surface area contributed by atoms with E-state index in [9.17, 15) is 13.2 Å². The number of primary sulfonamides is 1. The van der Waals surface area contributed by atoms with E-state index in [0.29, 0.717) is 11.4 Å². The molecule has 1 aromatic carbocycles. The molecule has 0 aliphatic heterocycles. The minimum absolute atomic E-state index is 0.0779. The van der Waals surface area contributed by atoms with Gasteiger partial charge in [-0.15, -0.1) is 22.7 Å². The van der Waals surface area contributed by atoms with E-state index in [1.165, 1.54) is 17.4 Å². The van der Waals surface area contributed by atoms with Crippen molar-refractivity contribution in [2.24, 2.45) is 5.14 Å². The molecule has 0 saturated carbocycles. The Bertz CT molecular complexity index is 945. The van der Waals surface area contributed by atoms with E-state index in [1.54, 1.807) is 6.07 Å². The van der Waals surface area contributed by atoms with E-state index in [2.05, 4.69) is 15.6 Å². The maximum absolute atomic E-state index is 11.8. The molecule has 2 heterocycles. The van der Waals surface area contributed by atoms with Gasteiger partial charge < -0.3 is 10.6 Å². The number of hydrogen-bond acceptors (Lipinski definition) is 6. The topological polar surface area (TPSA) is 114 Å². The van der Waals surface area contributed by atoms with Crippen LogP contribution in [0.25, 0.3) is 10.2 Å². The van der Waals surface area contributed by atoms with Crippen molar-refractivity contribution in [3.8, 4) is 0 Å². The molecule has 4 N–H and O–H groups in total. The number of thiazole rings is 1. The molecular formula is C14H14N4O3S3. The Morgan fingerprint density at radius 3 is 2.54 bits per heavy atom. The first-order chi connectivity index (χ1) is 11.4. The van der Waals surface area contributed by atoms with Gasteiger partial charge in [-0.2, -0.15) is 0 Å². The normalized spacial score (nSPS) is 11.5. The molecule has 2 amide bonds. The lowest BCUT2D eigenvalue weighted by Gasteiger charge is -2.04. The first-order valence-corrected chi connectivity index (χ1v) is 10.1. The van der Waals surface area contributed by atoms with Crippen LogP contribution in [0, 0.1) is 0 Å². The third kappa shape index (κ3) is 4.09. The third-order valence-corrected chi connectivity index (χ3v) is 6.64. The van der Waals surface area contributed by atoms with Crippen molar-refractivity contribution in [3.05, 3.63) is 46.3 Å². The molecule has 3 rings (SSSR count). The van der Waals surface area contributed by atoms with E-state index in [-0.39, 0.29) is 16.8 Å². The van der Waals surface area contributed by atoms with Crippen molar-refractivity contribution in [2.45, 2.75) is 17.3 Å². The molecule has 0 unspecified atom stereocenters. The second kappa shape index (κ2) is 6.85. The Morgan fingerprint density at radius 2 is 1.83 bits per heavy atom. The number of hydrogen-bond donors (Lipinski definition) is 3. The van der Waals surface area contributed by atoms with Gasteiger partial charge >= 0.3 is 6.03 Å². The molecule has 0 atom stereocenters. The highest BCUT2D eigenvalue weighted by Crippen LogP contribution is 2.21. The summed E-state index contributed by atoms with van der Waals surface area (Å²) >= 11 is 2.56. The van der Waals surface area contributed by atoms with Crippen LogP contribution in [0.5, 0.6) is 0 Å². The summed E-state index contributed by atoms with van der Waals surface area (Å²) in [4.78, 5) is 17.0. The molecule has 0 aliphatic carbocycles. The SMILES string of the molecule is NS(=O)(=O)c1ccc(CNC(=O)NCc2nc3ccccc3s2)s1. The summed E-state index contributed by atoms with van der Waals surface area (Å²) in [6, 6.07) is 10.5. The van der Waals surface area contributed by atoms with Crippen LogP contribution >= 0.6 is 22.7 Å². The van der Waals surface area contributed by atoms with E-state index < -0.39 is 10.0 Å². The van der Waals surface area contributed by atoms with Crippen LogP contribution in [0.15, 0.2) is 40.6 Å². The molecular weight excluding hydrogens is 368 g/mol. The lowest BCUT2D eigenvalue weighted by atomic mass is 10.3. The smallest absolute Gasteiger partial charge is 0.315 e. The van der Waals surface area contributed by atoms with Crippen LogP contribution in [0.2, 0.25) is 0 Å². The zero-order valence-electron chi connectivity index (χ0n) is 12.4. The number of rotatable bonds is 5. The number of carbonyl (C=O) groups is 1. The molecule has 0 radical (unpaired) electrons. The molecule has 7 nitrogen and oxygen atoms in total. The Kier molecular flexibility index (Phi) is 4.81. The molecule has 3 aromatic rings. The number of aromatic nitrogens is 1. The van der Waals surface area contributed by atoms with Gasteiger partial charge in [-0.3, -0.25) is 0 Å². The minimum Gasteiger partial charge on any atom is -0.333 e. The van der Waals surface area contributed by atoms with Crippen molar-refractivity contribution in [1.82, 2.24) is 15.6 Å². The molecule has 0 fully saturated rings. The molecule has 126 valence electrons. The fourth-order valence-electron chi connectivity index (χ4n) is 1.99. The van der Waals surface area contributed by atoms with Crippen LogP contribution in [0.4, 0.5) is 4.79 Å². The molecule has 0 saturated heterocycles. The summed E-state index contributed by atoms with van der Waals surface area (Å²) < 4.78 is 23.6. The highest BCUT2D eigenvalue weighted by atomic mass is 32.2. The van der Waals surface area contributed by atoms with Crippen LogP contribution in [0.1, 0.15) is 9.88 Å². The zero-order valence-corrected chi connectivity index (χ0v) is 14.8. The van der Waals surface area contributed by atoms with E-state index in [0.717, 1.165) is 26.6 Å². The summed E-state index contributed by atoms with van der Waals surface area (Å²) in [5.74, 6) is 0. The van der Waals surface area contributed by atoms with Crippen LogP contribution in [-0.2, 0) is 23.1 Å². The molecule has 0 bridgehead atoms.